The normalized spacial score (nSPS) is 14.3. The van der Waals surface area contributed by atoms with Crippen LogP contribution in [0.25, 0.3) is 0 Å². The van der Waals surface area contributed by atoms with Crippen LogP contribution in [0, 0.1) is 5.92 Å². The minimum Gasteiger partial charge on any atom is -0.356 e. The number of hydrogen-bond donors (Lipinski definition) is 1. The number of fused-ring (bicyclic) bond motifs is 1. The van der Waals surface area contributed by atoms with Gasteiger partial charge >= 0.3 is 0 Å². The molecule has 0 aromatic heterocycles. The van der Waals surface area contributed by atoms with Crippen molar-refractivity contribution in [3.63, 3.8) is 0 Å². The maximum Gasteiger partial charge on any atom is 0.223 e. The number of hydrogen-bond acceptors (Lipinski definition) is 4. The fourth-order valence-electron chi connectivity index (χ4n) is 2.85. The van der Waals surface area contributed by atoms with Crippen LogP contribution in [0.2, 0.25) is 0 Å². The lowest BCUT2D eigenvalue weighted by Gasteiger charge is -2.28. The van der Waals surface area contributed by atoms with Crippen molar-refractivity contribution >= 4 is 27.3 Å². The Morgan fingerprint density at radius 1 is 1.28 bits per heavy atom. The van der Waals surface area contributed by atoms with Gasteiger partial charge in [-0.1, -0.05) is 13.8 Å². The Hall–Kier alpha value is -1.89. The Bertz CT molecular complexity index is 756. The molecule has 0 radical (unpaired) electrons. The lowest BCUT2D eigenvalue weighted by atomic mass is 10.0. The van der Waals surface area contributed by atoms with E-state index >= 15 is 0 Å². The van der Waals surface area contributed by atoms with Gasteiger partial charge in [0.1, 0.15) is 0 Å². The van der Waals surface area contributed by atoms with Gasteiger partial charge in [0.15, 0.2) is 9.84 Å². The van der Waals surface area contributed by atoms with E-state index in [9.17, 15) is 18.0 Å². The van der Waals surface area contributed by atoms with Crippen LogP contribution in [0.5, 0.6) is 0 Å². The summed E-state index contributed by atoms with van der Waals surface area (Å²) in [5.41, 5.74) is 1.65. The molecule has 2 rings (SSSR count). The molecule has 0 spiro atoms. The van der Waals surface area contributed by atoms with E-state index in [0.29, 0.717) is 19.0 Å². The fourth-order valence-corrected chi connectivity index (χ4v) is 4.13. The van der Waals surface area contributed by atoms with Crippen molar-refractivity contribution in [2.75, 3.05) is 23.7 Å². The molecule has 0 saturated heterocycles. The zero-order valence-electron chi connectivity index (χ0n) is 15.0. The largest absolute Gasteiger partial charge is 0.356 e. The van der Waals surface area contributed by atoms with Crippen LogP contribution in [0.4, 0.5) is 5.69 Å². The molecule has 1 aliphatic rings. The molecule has 6 nitrogen and oxygen atoms in total. The van der Waals surface area contributed by atoms with Gasteiger partial charge in [-0.05, 0) is 42.5 Å². The summed E-state index contributed by atoms with van der Waals surface area (Å²) in [5, 5.41) is 2.73. The molecule has 1 aromatic rings. The molecule has 0 fully saturated rings. The SMILES string of the molecule is CC(=O)N1CCCc2cc(S(=O)(=O)CCC(=O)NCC(C)C)ccc21. The van der Waals surface area contributed by atoms with Gasteiger partial charge in [-0.3, -0.25) is 9.59 Å². The predicted molar refractivity (Wildman–Crippen MR) is 97.3 cm³/mol. The number of rotatable bonds is 6. The first-order valence-corrected chi connectivity index (χ1v) is 10.3. The Labute approximate surface area is 149 Å². The van der Waals surface area contributed by atoms with Gasteiger partial charge in [-0.15, -0.1) is 0 Å². The van der Waals surface area contributed by atoms with E-state index < -0.39 is 9.84 Å². The molecule has 138 valence electrons. The van der Waals surface area contributed by atoms with Crippen LogP contribution in [0.15, 0.2) is 23.1 Å². The number of nitrogens with one attached hydrogen (secondary N) is 1. The number of benzene rings is 1. The van der Waals surface area contributed by atoms with Gasteiger partial charge in [0.25, 0.3) is 0 Å². The molecule has 0 unspecified atom stereocenters. The summed E-state index contributed by atoms with van der Waals surface area (Å²) < 4.78 is 25.0. The molecule has 7 heteroatoms. The average Bonchev–Trinajstić information content (AvgIpc) is 2.57. The Morgan fingerprint density at radius 2 is 2.00 bits per heavy atom. The van der Waals surface area contributed by atoms with E-state index in [0.717, 1.165) is 24.1 Å². The van der Waals surface area contributed by atoms with Crippen LogP contribution in [-0.2, 0) is 25.8 Å². The number of amides is 2. The second-order valence-corrected chi connectivity index (χ2v) is 8.94. The van der Waals surface area contributed by atoms with E-state index in [1.807, 2.05) is 13.8 Å². The Morgan fingerprint density at radius 3 is 2.64 bits per heavy atom. The van der Waals surface area contributed by atoms with Crippen molar-refractivity contribution in [2.24, 2.45) is 5.92 Å². The maximum absolute atomic E-state index is 12.5. The quantitative estimate of drug-likeness (QED) is 0.834. The van der Waals surface area contributed by atoms with Gasteiger partial charge in [0.2, 0.25) is 11.8 Å². The summed E-state index contributed by atoms with van der Waals surface area (Å²) in [7, 11) is -3.53. The average molecular weight is 366 g/mol. The highest BCUT2D eigenvalue weighted by atomic mass is 32.2. The molecule has 1 heterocycles. The summed E-state index contributed by atoms with van der Waals surface area (Å²) >= 11 is 0. The van der Waals surface area contributed by atoms with E-state index in [2.05, 4.69) is 5.32 Å². The highest BCUT2D eigenvalue weighted by Gasteiger charge is 2.23. The molecular weight excluding hydrogens is 340 g/mol. The third kappa shape index (κ3) is 5.04. The van der Waals surface area contributed by atoms with Crippen LogP contribution >= 0.6 is 0 Å². The van der Waals surface area contributed by atoms with Crippen molar-refractivity contribution in [1.82, 2.24) is 5.32 Å². The van der Waals surface area contributed by atoms with E-state index in [1.54, 1.807) is 17.0 Å². The smallest absolute Gasteiger partial charge is 0.223 e. The highest BCUT2D eigenvalue weighted by Crippen LogP contribution is 2.29. The number of carbonyl (C=O) groups is 2. The zero-order valence-corrected chi connectivity index (χ0v) is 15.9. The Kier molecular flexibility index (Phi) is 6.21. The minimum atomic E-state index is -3.53. The van der Waals surface area contributed by atoms with Crippen molar-refractivity contribution in [2.45, 2.75) is 44.9 Å². The minimum absolute atomic E-state index is 0.0432. The second-order valence-electron chi connectivity index (χ2n) is 6.83. The van der Waals surface area contributed by atoms with Crippen molar-refractivity contribution in [1.29, 1.82) is 0 Å². The summed E-state index contributed by atoms with van der Waals surface area (Å²) in [6.07, 6.45) is 1.51. The number of aryl methyl sites for hydroxylation is 1. The monoisotopic (exact) mass is 366 g/mol. The topological polar surface area (TPSA) is 83.6 Å². The first-order chi connectivity index (χ1) is 11.7. The van der Waals surface area contributed by atoms with Gasteiger partial charge < -0.3 is 10.2 Å². The van der Waals surface area contributed by atoms with Gasteiger partial charge in [0.05, 0.1) is 10.6 Å². The number of anilines is 1. The van der Waals surface area contributed by atoms with Gasteiger partial charge in [0, 0.05) is 32.1 Å². The summed E-state index contributed by atoms with van der Waals surface area (Å²) in [4.78, 5) is 25.3. The molecule has 1 aliphatic heterocycles. The molecular formula is C18H26N2O4S. The molecule has 1 N–H and O–H groups in total. The third-order valence-corrected chi connectivity index (χ3v) is 5.93. The Balaban J connectivity index is 2.10. The standard InChI is InChI=1S/C18H26N2O4S/c1-13(2)12-19-18(22)8-10-25(23,24)16-6-7-17-15(11-16)5-4-9-20(17)14(3)21/h6-7,11,13H,4-5,8-10,12H2,1-3H3,(H,19,22). The lowest BCUT2D eigenvalue weighted by molar-refractivity contribution is -0.121. The van der Waals surface area contributed by atoms with E-state index in [4.69, 9.17) is 0 Å². The first kappa shape index (κ1) is 19.4. The molecule has 0 atom stereocenters. The summed E-state index contributed by atoms with van der Waals surface area (Å²) in [6, 6.07) is 4.87. The van der Waals surface area contributed by atoms with Crippen LogP contribution in [0.1, 0.15) is 39.2 Å². The lowest BCUT2D eigenvalue weighted by Crippen LogP contribution is -2.33. The van der Waals surface area contributed by atoms with E-state index in [1.165, 1.54) is 13.0 Å². The van der Waals surface area contributed by atoms with Crippen molar-refractivity contribution in [3.05, 3.63) is 23.8 Å². The van der Waals surface area contributed by atoms with Gasteiger partial charge in [-0.2, -0.15) is 0 Å². The highest BCUT2D eigenvalue weighted by molar-refractivity contribution is 7.91. The number of nitrogens with zero attached hydrogens (tertiary/aromatic N) is 1. The summed E-state index contributed by atoms with van der Waals surface area (Å²) in [6.45, 7) is 6.67. The molecule has 25 heavy (non-hydrogen) atoms. The van der Waals surface area contributed by atoms with Crippen LogP contribution in [0.3, 0.4) is 0 Å². The summed E-state index contributed by atoms with van der Waals surface area (Å²) in [5.74, 6) is -0.187. The van der Waals surface area contributed by atoms with Crippen LogP contribution < -0.4 is 10.2 Å². The van der Waals surface area contributed by atoms with Crippen LogP contribution in [-0.4, -0.2) is 39.1 Å². The van der Waals surface area contributed by atoms with Crippen molar-refractivity contribution in [3.8, 4) is 0 Å². The maximum atomic E-state index is 12.5. The molecule has 1 aromatic carbocycles. The van der Waals surface area contributed by atoms with Gasteiger partial charge in [-0.25, -0.2) is 8.42 Å². The van der Waals surface area contributed by atoms with Crippen molar-refractivity contribution < 1.29 is 18.0 Å². The first-order valence-electron chi connectivity index (χ1n) is 8.61. The molecule has 0 bridgehead atoms. The predicted octanol–water partition coefficient (Wildman–Crippen LogP) is 1.92. The van der Waals surface area contributed by atoms with E-state index in [-0.39, 0.29) is 28.9 Å². The number of sulfone groups is 1. The molecule has 0 saturated carbocycles. The second kappa shape index (κ2) is 7.99. The zero-order chi connectivity index (χ0) is 18.6. The molecule has 2 amide bonds. The third-order valence-electron chi connectivity index (χ3n) is 4.21. The molecule has 0 aliphatic carbocycles. The number of carbonyl (C=O) groups excluding carboxylic acids is 2. The fraction of sp³-hybridized carbons (Fsp3) is 0.556.